The molecule has 2 aliphatic rings. The van der Waals surface area contributed by atoms with Gasteiger partial charge in [0.25, 0.3) is 0 Å². The van der Waals surface area contributed by atoms with E-state index in [1.165, 1.54) is 10.9 Å². The number of nitrogens with one attached hydrogen (secondary N) is 1. The summed E-state index contributed by atoms with van der Waals surface area (Å²) >= 11 is 0.975. The van der Waals surface area contributed by atoms with Crippen LogP contribution in [0.5, 0.6) is 0 Å². The molecular weight excluding hydrogens is 598 g/mol. The minimum absolute atomic E-state index is 0.0547. The zero-order valence-electron chi connectivity index (χ0n) is 23.0. The molecule has 1 atom stereocenters. The average molecular weight is 625 g/mol. The van der Waals surface area contributed by atoms with Gasteiger partial charge in [-0.05, 0) is 66.6 Å². The van der Waals surface area contributed by atoms with Gasteiger partial charge in [0.1, 0.15) is 5.84 Å². The number of carbonyl (C=O) groups is 2. The Kier molecular flexibility index (Phi) is 8.20. The fourth-order valence-electron chi connectivity index (χ4n) is 5.06. The molecule has 2 aromatic carbocycles. The van der Waals surface area contributed by atoms with Crippen molar-refractivity contribution in [2.45, 2.75) is 38.3 Å². The van der Waals surface area contributed by atoms with Gasteiger partial charge in [-0.3, -0.25) is 9.48 Å². The van der Waals surface area contributed by atoms with E-state index in [0.717, 1.165) is 17.8 Å². The van der Waals surface area contributed by atoms with Gasteiger partial charge in [0.05, 0.1) is 34.1 Å². The van der Waals surface area contributed by atoms with E-state index in [1.54, 1.807) is 36.2 Å². The number of benzene rings is 2. The van der Waals surface area contributed by atoms with E-state index in [9.17, 15) is 35.9 Å². The predicted octanol–water partition coefficient (Wildman–Crippen LogP) is 6.46. The van der Waals surface area contributed by atoms with Crippen LogP contribution in [-0.2, 0) is 18.9 Å². The molecule has 0 saturated carbocycles. The Labute approximate surface area is 246 Å². The third-order valence-electron chi connectivity index (χ3n) is 7.22. The van der Waals surface area contributed by atoms with Crippen LogP contribution in [0.4, 0.5) is 35.9 Å². The van der Waals surface area contributed by atoms with Gasteiger partial charge in [0.15, 0.2) is 0 Å². The first-order valence-electron chi connectivity index (χ1n) is 13.3. The van der Waals surface area contributed by atoms with Crippen LogP contribution in [0.2, 0.25) is 0 Å². The molecule has 15 heteroatoms. The topological polar surface area (TPSA) is 82.8 Å². The predicted molar refractivity (Wildman–Crippen MR) is 150 cm³/mol. The van der Waals surface area contributed by atoms with Crippen molar-refractivity contribution in [1.82, 2.24) is 24.9 Å². The molecule has 1 N–H and O–H groups in total. The zero-order chi connectivity index (χ0) is 31.1. The summed E-state index contributed by atoms with van der Waals surface area (Å²) in [6.07, 6.45) is -5.89. The van der Waals surface area contributed by atoms with E-state index >= 15 is 0 Å². The number of thioether (sulfide) groups is 1. The lowest BCUT2D eigenvalue weighted by molar-refractivity contribution is -0.143. The van der Waals surface area contributed by atoms with Gasteiger partial charge in [-0.2, -0.15) is 36.4 Å². The Morgan fingerprint density at radius 2 is 1.91 bits per heavy atom. The quantitative estimate of drug-likeness (QED) is 0.330. The molecule has 1 fully saturated rings. The number of halogens is 6. The molecule has 5 rings (SSSR count). The number of fused-ring (bicyclic) bond motifs is 1. The highest BCUT2D eigenvalue weighted by Crippen LogP contribution is 2.38. The van der Waals surface area contributed by atoms with Crippen LogP contribution in [0, 0.1) is 0 Å². The SMILES string of the molecule is CCNC(=O)N(C)C1CCN(C2=NC(=O)S/C2=C\c2ccc3nn(Cc4ccc(C(F)(F)F)cc4C(F)(F)F)cc3c2)C1. The van der Waals surface area contributed by atoms with E-state index < -0.39 is 23.5 Å². The highest BCUT2D eigenvalue weighted by Gasteiger charge is 2.38. The highest BCUT2D eigenvalue weighted by atomic mass is 32.2. The van der Waals surface area contributed by atoms with Gasteiger partial charge in [-0.1, -0.05) is 12.1 Å². The second-order valence-corrected chi connectivity index (χ2v) is 11.2. The van der Waals surface area contributed by atoms with Crippen LogP contribution in [0.15, 0.2) is 52.5 Å². The van der Waals surface area contributed by atoms with E-state index in [1.807, 2.05) is 11.8 Å². The second-order valence-electron chi connectivity index (χ2n) is 10.2. The average Bonchev–Trinajstić information content (AvgIpc) is 3.65. The van der Waals surface area contributed by atoms with Crippen molar-refractivity contribution in [1.29, 1.82) is 0 Å². The molecular formula is C28H26F6N6O2S. The summed E-state index contributed by atoms with van der Waals surface area (Å²) in [5.41, 5.74) is -1.93. The van der Waals surface area contributed by atoms with E-state index in [-0.39, 0.29) is 35.5 Å². The number of aromatic nitrogens is 2. The number of hydrogen-bond acceptors (Lipinski definition) is 5. The molecule has 0 spiro atoms. The van der Waals surface area contributed by atoms with E-state index in [0.29, 0.717) is 59.3 Å². The molecule has 3 heterocycles. The summed E-state index contributed by atoms with van der Waals surface area (Å²) in [5.74, 6) is 0.513. The molecule has 2 aliphatic heterocycles. The van der Waals surface area contributed by atoms with E-state index in [2.05, 4.69) is 15.4 Å². The summed E-state index contributed by atoms with van der Waals surface area (Å²) in [6, 6.07) is 6.48. The normalized spacial score (nSPS) is 18.6. The minimum Gasteiger partial charge on any atom is -0.353 e. The maximum absolute atomic E-state index is 13.6. The Morgan fingerprint density at radius 3 is 2.60 bits per heavy atom. The molecule has 1 aromatic heterocycles. The molecule has 8 nitrogen and oxygen atoms in total. The van der Waals surface area contributed by atoms with Gasteiger partial charge in [0.2, 0.25) is 0 Å². The summed E-state index contributed by atoms with van der Waals surface area (Å²) in [7, 11) is 1.73. The lowest BCUT2D eigenvalue weighted by atomic mass is 10.0. The standard InChI is InChI=1S/C28H26F6N6O2S/c1-3-35-25(41)38(2)20-8-9-39(15-20)24-23(43-26(42)36-24)11-16-4-7-22-18(10-16)14-40(37-22)13-17-5-6-19(27(29,30)31)12-21(17)28(32,33)34/h4-7,10-12,14,20H,3,8-9,13,15H2,1-2H3,(H,35,41)/b23-11-. The first-order valence-corrected chi connectivity index (χ1v) is 14.1. The van der Waals surface area contributed by atoms with Crippen molar-refractivity contribution in [3.63, 3.8) is 0 Å². The molecule has 228 valence electrons. The van der Waals surface area contributed by atoms with Crippen LogP contribution in [0.1, 0.15) is 35.6 Å². The minimum atomic E-state index is -4.98. The number of likely N-dealkylation sites (tertiary alicyclic amines) is 1. The van der Waals surface area contributed by atoms with Gasteiger partial charge < -0.3 is 15.1 Å². The number of amides is 3. The number of alkyl halides is 6. The zero-order valence-corrected chi connectivity index (χ0v) is 23.8. The molecule has 1 saturated heterocycles. The van der Waals surface area contributed by atoms with Crippen LogP contribution in [0.3, 0.4) is 0 Å². The lowest BCUT2D eigenvalue weighted by Crippen LogP contribution is -2.45. The summed E-state index contributed by atoms with van der Waals surface area (Å²) in [4.78, 5) is 32.9. The van der Waals surface area contributed by atoms with Crippen LogP contribution >= 0.6 is 11.8 Å². The molecule has 1 unspecified atom stereocenters. The maximum Gasteiger partial charge on any atom is 0.416 e. The first kappa shape index (κ1) is 30.4. The Bertz CT molecular complexity index is 1630. The van der Waals surface area contributed by atoms with Crippen molar-refractivity contribution in [3.8, 4) is 0 Å². The Balaban J connectivity index is 1.36. The molecule has 0 bridgehead atoms. The maximum atomic E-state index is 13.6. The molecule has 0 radical (unpaired) electrons. The van der Waals surface area contributed by atoms with Crippen molar-refractivity contribution < 1.29 is 35.9 Å². The Hall–Kier alpha value is -4.01. The summed E-state index contributed by atoms with van der Waals surface area (Å²) < 4.78 is 81.2. The second kappa shape index (κ2) is 11.6. The van der Waals surface area contributed by atoms with Gasteiger partial charge in [-0.25, -0.2) is 4.79 Å². The van der Waals surface area contributed by atoms with Crippen molar-refractivity contribution in [2.24, 2.45) is 4.99 Å². The fraction of sp³-hybridized carbons (Fsp3) is 0.357. The van der Waals surface area contributed by atoms with Crippen LogP contribution in [0.25, 0.3) is 17.0 Å². The number of aliphatic imine (C=N–C) groups is 1. The van der Waals surface area contributed by atoms with Crippen LogP contribution < -0.4 is 5.32 Å². The van der Waals surface area contributed by atoms with Gasteiger partial charge >= 0.3 is 23.6 Å². The fourth-order valence-corrected chi connectivity index (χ4v) is 5.84. The number of rotatable bonds is 5. The summed E-state index contributed by atoms with van der Waals surface area (Å²) in [5, 5.41) is 7.29. The van der Waals surface area contributed by atoms with Gasteiger partial charge in [0, 0.05) is 38.3 Å². The first-order chi connectivity index (χ1) is 20.2. The van der Waals surface area contributed by atoms with Crippen molar-refractivity contribution in [3.05, 3.63) is 69.8 Å². The third kappa shape index (κ3) is 6.65. The Morgan fingerprint density at radius 1 is 1.14 bits per heavy atom. The summed E-state index contributed by atoms with van der Waals surface area (Å²) in [6.45, 7) is 3.07. The third-order valence-corrected chi connectivity index (χ3v) is 8.01. The molecule has 3 amide bonds. The molecule has 0 aliphatic carbocycles. The molecule has 3 aromatic rings. The number of carbonyl (C=O) groups excluding carboxylic acids is 2. The number of hydrogen-bond donors (Lipinski definition) is 1. The number of nitrogens with zero attached hydrogens (tertiary/aromatic N) is 5. The smallest absolute Gasteiger partial charge is 0.353 e. The highest BCUT2D eigenvalue weighted by molar-refractivity contribution is 8.18. The lowest BCUT2D eigenvalue weighted by Gasteiger charge is -2.25. The van der Waals surface area contributed by atoms with Crippen molar-refractivity contribution >= 4 is 45.8 Å². The number of amidine groups is 1. The van der Waals surface area contributed by atoms with Gasteiger partial charge in [-0.15, -0.1) is 0 Å². The number of likely N-dealkylation sites (N-methyl/N-ethyl adjacent to an activating group) is 1. The van der Waals surface area contributed by atoms with Crippen molar-refractivity contribution in [2.75, 3.05) is 26.7 Å². The monoisotopic (exact) mass is 624 g/mol. The number of urea groups is 1. The van der Waals surface area contributed by atoms with E-state index in [4.69, 9.17) is 0 Å². The largest absolute Gasteiger partial charge is 0.416 e. The molecule has 43 heavy (non-hydrogen) atoms. The van der Waals surface area contributed by atoms with Crippen LogP contribution in [-0.4, -0.2) is 69.4 Å².